The molecule has 1 aliphatic rings. The first-order valence-electron chi connectivity index (χ1n) is 11.6. The highest BCUT2D eigenvalue weighted by molar-refractivity contribution is 7.99. The van der Waals surface area contributed by atoms with Gasteiger partial charge < -0.3 is 19.9 Å². The van der Waals surface area contributed by atoms with E-state index in [4.69, 9.17) is 4.74 Å². The van der Waals surface area contributed by atoms with Crippen LogP contribution < -0.4 is 10.2 Å². The molecule has 9 heteroatoms. The number of ether oxygens (including phenoxy) is 1. The van der Waals surface area contributed by atoms with Crippen molar-refractivity contribution in [3.63, 3.8) is 0 Å². The second kappa shape index (κ2) is 11.4. The van der Waals surface area contributed by atoms with Crippen molar-refractivity contribution in [3.8, 4) is 5.69 Å². The Kier molecular flexibility index (Phi) is 8.09. The van der Waals surface area contributed by atoms with Crippen molar-refractivity contribution >= 4 is 35.0 Å². The molecule has 1 saturated heterocycles. The molecule has 1 N–H and O–H groups in total. The van der Waals surface area contributed by atoms with Crippen molar-refractivity contribution in [2.45, 2.75) is 19.0 Å². The minimum absolute atomic E-state index is 0.0178. The highest BCUT2D eigenvalue weighted by atomic mass is 32.2. The van der Waals surface area contributed by atoms with Crippen LogP contribution in [-0.2, 0) is 14.3 Å². The predicted octanol–water partition coefficient (Wildman–Crippen LogP) is 3.51. The van der Waals surface area contributed by atoms with E-state index in [-0.39, 0.29) is 24.1 Å². The molecule has 2 heterocycles. The van der Waals surface area contributed by atoms with E-state index >= 15 is 0 Å². The van der Waals surface area contributed by atoms with E-state index in [1.807, 2.05) is 35.0 Å². The van der Waals surface area contributed by atoms with Crippen LogP contribution in [0.3, 0.4) is 0 Å². The van der Waals surface area contributed by atoms with E-state index in [2.05, 4.69) is 47.2 Å². The number of likely N-dealkylation sites (N-methyl/N-ethyl adjacent to an activating group) is 1. The molecule has 2 aromatic carbocycles. The summed E-state index contributed by atoms with van der Waals surface area (Å²) >= 11 is 1.36. The Hall–Kier alpha value is -3.30. The van der Waals surface area contributed by atoms with Gasteiger partial charge in [0.05, 0.1) is 31.2 Å². The minimum Gasteiger partial charge on any atom is -0.378 e. The number of carbonyl (C=O) groups is 2. The molecule has 0 aliphatic carbocycles. The van der Waals surface area contributed by atoms with E-state index in [9.17, 15) is 9.59 Å². The molecule has 1 fully saturated rings. The maximum atomic E-state index is 12.7. The first-order chi connectivity index (χ1) is 16.9. The molecule has 0 unspecified atom stereocenters. The van der Waals surface area contributed by atoms with Crippen molar-refractivity contribution in [3.05, 3.63) is 66.0 Å². The van der Waals surface area contributed by atoms with Crippen LogP contribution in [0.2, 0.25) is 0 Å². The molecular formula is C26H31N5O3S. The summed E-state index contributed by atoms with van der Waals surface area (Å²) in [6.07, 6.45) is 3.63. The largest absolute Gasteiger partial charge is 0.378 e. The number of aryl methyl sites for hydroxylation is 2. The number of imidazole rings is 1. The number of rotatable bonds is 8. The van der Waals surface area contributed by atoms with Gasteiger partial charge in [0.25, 0.3) is 0 Å². The van der Waals surface area contributed by atoms with Crippen molar-refractivity contribution < 1.29 is 14.3 Å². The molecular weight excluding hydrogens is 462 g/mol. The highest BCUT2D eigenvalue weighted by Gasteiger charge is 2.16. The third-order valence-electron chi connectivity index (χ3n) is 5.89. The zero-order chi connectivity index (χ0) is 24.8. The van der Waals surface area contributed by atoms with Crippen molar-refractivity contribution in [2.75, 3.05) is 55.9 Å². The number of hydrogen-bond donors (Lipinski definition) is 1. The van der Waals surface area contributed by atoms with E-state index in [1.54, 1.807) is 13.2 Å². The maximum Gasteiger partial charge on any atom is 0.243 e. The Morgan fingerprint density at radius 1 is 1.11 bits per heavy atom. The number of benzene rings is 2. The van der Waals surface area contributed by atoms with Crippen molar-refractivity contribution in [1.82, 2.24) is 14.5 Å². The van der Waals surface area contributed by atoms with Gasteiger partial charge in [-0.1, -0.05) is 23.9 Å². The van der Waals surface area contributed by atoms with Crippen LogP contribution in [-0.4, -0.2) is 71.9 Å². The molecule has 0 atom stereocenters. The summed E-state index contributed by atoms with van der Waals surface area (Å²) in [5, 5.41) is 3.61. The normalized spacial score (nSPS) is 13.5. The summed E-state index contributed by atoms with van der Waals surface area (Å²) in [4.78, 5) is 33.3. The SMILES string of the molecule is Cc1ccc(C)c(-n2ccnc2SCC(=O)N(C)CC(=O)Nc2ccc(N3CCOCC3)cc2)c1. The van der Waals surface area contributed by atoms with Gasteiger partial charge in [-0.3, -0.25) is 14.2 Å². The molecule has 4 rings (SSSR count). The lowest BCUT2D eigenvalue weighted by molar-refractivity contribution is -0.131. The number of amides is 2. The average Bonchev–Trinajstić information content (AvgIpc) is 3.33. The fourth-order valence-electron chi connectivity index (χ4n) is 3.88. The van der Waals surface area contributed by atoms with E-state index in [1.165, 1.54) is 16.7 Å². The molecule has 3 aromatic rings. The maximum absolute atomic E-state index is 12.7. The van der Waals surface area contributed by atoms with Crippen molar-refractivity contribution in [1.29, 1.82) is 0 Å². The fraction of sp³-hybridized carbons (Fsp3) is 0.346. The number of hydrogen-bond acceptors (Lipinski definition) is 6. The molecule has 8 nitrogen and oxygen atoms in total. The summed E-state index contributed by atoms with van der Waals surface area (Å²) in [6.45, 7) is 7.26. The quantitative estimate of drug-likeness (QED) is 0.484. The molecule has 1 aliphatic heterocycles. The third kappa shape index (κ3) is 6.43. The van der Waals surface area contributed by atoms with Crippen LogP contribution >= 0.6 is 11.8 Å². The summed E-state index contributed by atoms with van der Waals surface area (Å²) in [7, 11) is 1.64. The lowest BCUT2D eigenvalue weighted by Gasteiger charge is -2.28. The standard InChI is InChI=1S/C26H31N5O3S/c1-19-4-5-20(2)23(16-19)31-11-10-27-26(31)35-18-25(33)29(3)17-24(32)28-21-6-8-22(9-7-21)30-12-14-34-15-13-30/h4-11,16H,12-15,17-18H2,1-3H3,(H,28,32). The Labute approximate surface area is 210 Å². The molecule has 35 heavy (non-hydrogen) atoms. The summed E-state index contributed by atoms with van der Waals surface area (Å²) < 4.78 is 7.38. The molecule has 1 aromatic heterocycles. The van der Waals surface area contributed by atoms with E-state index in [0.29, 0.717) is 5.69 Å². The molecule has 2 amide bonds. The van der Waals surface area contributed by atoms with Crippen LogP contribution in [0.5, 0.6) is 0 Å². The second-order valence-corrected chi connectivity index (χ2v) is 9.55. The van der Waals surface area contributed by atoms with Crippen molar-refractivity contribution in [2.24, 2.45) is 0 Å². The lowest BCUT2D eigenvalue weighted by atomic mass is 10.1. The van der Waals surface area contributed by atoms with Gasteiger partial charge in [0.2, 0.25) is 11.8 Å². The predicted molar refractivity (Wildman–Crippen MR) is 140 cm³/mol. The molecule has 0 saturated carbocycles. The van der Waals surface area contributed by atoms with Crippen LogP contribution in [0.25, 0.3) is 5.69 Å². The first-order valence-corrected chi connectivity index (χ1v) is 12.6. The number of anilines is 2. The van der Waals surface area contributed by atoms with Gasteiger partial charge >= 0.3 is 0 Å². The number of morpholine rings is 1. The van der Waals surface area contributed by atoms with Crippen LogP contribution in [0.15, 0.2) is 60.0 Å². The van der Waals surface area contributed by atoms with Crippen LogP contribution in [0.1, 0.15) is 11.1 Å². The smallest absolute Gasteiger partial charge is 0.243 e. The third-order valence-corrected chi connectivity index (χ3v) is 6.84. The van der Waals surface area contributed by atoms with Gasteiger partial charge in [0.1, 0.15) is 0 Å². The molecule has 0 spiro atoms. The van der Waals surface area contributed by atoms with Gasteiger partial charge in [-0.05, 0) is 55.3 Å². The molecule has 0 radical (unpaired) electrons. The van der Waals surface area contributed by atoms with Gasteiger partial charge in [0, 0.05) is 43.9 Å². The number of carbonyl (C=O) groups excluding carboxylic acids is 2. The number of thioether (sulfide) groups is 1. The average molecular weight is 494 g/mol. The number of nitrogens with one attached hydrogen (secondary N) is 1. The topological polar surface area (TPSA) is 79.7 Å². The zero-order valence-corrected chi connectivity index (χ0v) is 21.2. The Morgan fingerprint density at radius 2 is 1.86 bits per heavy atom. The summed E-state index contributed by atoms with van der Waals surface area (Å²) in [5.41, 5.74) is 5.15. The monoisotopic (exact) mass is 493 g/mol. The van der Waals surface area contributed by atoms with Crippen LogP contribution in [0.4, 0.5) is 11.4 Å². The summed E-state index contributed by atoms with van der Waals surface area (Å²) in [5.74, 6) is -0.176. The highest BCUT2D eigenvalue weighted by Crippen LogP contribution is 2.24. The Balaban J connectivity index is 1.28. The summed E-state index contributed by atoms with van der Waals surface area (Å²) in [6, 6.07) is 14.0. The van der Waals surface area contributed by atoms with E-state index in [0.717, 1.165) is 54.0 Å². The number of nitrogens with zero attached hydrogens (tertiary/aromatic N) is 4. The molecule has 184 valence electrons. The van der Waals surface area contributed by atoms with Crippen LogP contribution in [0, 0.1) is 13.8 Å². The fourth-order valence-corrected chi connectivity index (χ4v) is 4.78. The first kappa shape index (κ1) is 24.8. The Bertz CT molecular complexity index is 1170. The minimum atomic E-state index is -0.234. The second-order valence-electron chi connectivity index (χ2n) is 8.60. The van der Waals surface area contributed by atoms with Gasteiger partial charge in [-0.2, -0.15) is 0 Å². The van der Waals surface area contributed by atoms with Gasteiger partial charge in [-0.25, -0.2) is 4.98 Å². The lowest BCUT2D eigenvalue weighted by Crippen LogP contribution is -2.36. The Morgan fingerprint density at radius 3 is 2.60 bits per heavy atom. The van der Waals surface area contributed by atoms with Gasteiger partial charge in [-0.15, -0.1) is 0 Å². The van der Waals surface area contributed by atoms with Gasteiger partial charge in [0.15, 0.2) is 5.16 Å². The molecule has 0 bridgehead atoms. The van der Waals surface area contributed by atoms with E-state index < -0.39 is 0 Å². The zero-order valence-electron chi connectivity index (χ0n) is 20.4. The number of aromatic nitrogens is 2.